The molecule has 0 aliphatic heterocycles. The number of aryl methyl sites for hydroxylation is 1. The minimum atomic E-state index is 0.500. The number of nitrogens with zero attached hydrogens (tertiary/aromatic N) is 2. The molecule has 0 bridgehead atoms. The molecule has 3 aromatic rings. The molecule has 0 aliphatic carbocycles. The van der Waals surface area contributed by atoms with E-state index in [1.54, 1.807) is 0 Å². The van der Waals surface area contributed by atoms with E-state index in [9.17, 15) is 0 Å². The number of benzene rings is 2. The van der Waals surface area contributed by atoms with Crippen molar-refractivity contribution in [2.75, 3.05) is 0 Å². The molecule has 1 aromatic heterocycles. The third-order valence-corrected chi connectivity index (χ3v) is 6.39. The third-order valence-electron chi connectivity index (χ3n) is 6.39. The Morgan fingerprint density at radius 3 is 2.06 bits per heavy atom. The summed E-state index contributed by atoms with van der Waals surface area (Å²) in [6, 6.07) is 21.8. The summed E-state index contributed by atoms with van der Waals surface area (Å²) in [7, 11) is 0. The molecule has 1 atom stereocenters. The SMILES string of the molecule is CCCCCCCCCCn1cc[n+](CC(C)c2ccccc2)c1Cc1ccccc1. The Bertz CT molecular complexity index is 851. The molecule has 0 radical (unpaired) electrons. The summed E-state index contributed by atoms with van der Waals surface area (Å²) in [5, 5.41) is 0. The molecule has 0 fully saturated rings. The fourth-order valence-corrected chi connectivity index (χ4v) is 4.45. The number of aromatic nitrogens is 2. The van der Waals surface area contributed by atoms with Gasteiger partial charge in [0.25, 0.3) is 5.82 Å². The zero-order chi connectivity index (χ0) is 21.7. The minimum Gasteiger partial charge on any atom is -0.234 e. The Kier molecular flexibility index (Phi) is 9.89. The van der Waals surface area contributed by atoms with Crippen molar-refractivity contribution < 1.29 is 4.57 Å². The van der Waals surface area contributed by atoms with Crippen LogP contribution in [0.15, 0.2) is 73.1 Å². The van der Waals surface area contributed by atoms with Crippen LogP contribution in [0.1, 0.15) is 88.1 Å². The minimum absolute atomic E-state index is 0.500. The van der Waals surface area contributed by atoms with Gasteiger partial charge in [0.05, 0.1) is 19.5 Å². The van der Waals surface area contributed by atoms with E-state index in [-0.39, 0.29) is 0 Å². The first-order valence-electron chi connectivity index (χ1n) is 12.4. The molecule has 166 valence electrons. The van der Waals surface area contributed by atoms with Gasteiger partial charge in [0.1, 0.15) is 12.4 Å². The molecule has 0 N–H and O–H groups in total. The summed E-state index contributed by atoms with van der Waals surface area (Å²) < 4.78 is 4.98. The lowest BCUT2D eigenvalue weighted by atomic mass is 10.0. The van der Waals surface area contributed by atoms with Crippen LogP contribution in [0.3, 0.4) is 0 Å². The van der Waals surface area contributed by atoms with Crippen LogP contribution in [0.4, 0.5) is 0 Å². The van der Waals surface area contributed by atoms with Crippen LogP contribution < -0.4 is 4.57 Å². The van der Waals surface area contributed by atoms with E-state index in [1.807, 2.05) is 0 Å². The Morgan fingerprint density at radius 1 is 0.774 bits per heavy atom. The fourth-order valence-electron chi connectivity index (χ4n) is 4.45. The highest BCUT2D eigenvalue weighted by atomic mass is 15.1. The second-order valence-electron chi connectivity index (χ2n) is 9.01. The van der Waals surface area contributed by atoms with Gasteiger partial charge in [-0.25, -0.2) is 9.13 Å². The van der Waals surface area contributed by atoms with E-state index in [0.29, 0.717) is 5.92 Å². The second-order valence-corrected chi connectivity index (χ2v) is 9.01. The highest BCUT2D eigenvalue weighted by molar-refractivity contribution is 5.19. The molecule has 0 saturated heterocycles. The van der Waals surface area contributed by atoms with Gasteiger partial charge in [-0.2, -0.15) is 0 Å². The van der Waals surface area contributed by atoms with Crippen molar-refractivity contribution in [2.45, 2.75) is 90.6 Å². The molecule has 0 saturated carbocycles. The number of rotatable bonds is 14. The van der Waals surface area contributed by atoms with Gasteiger partial charge in [0, 0.05) is 5.92 Å². The molecule has 0 spiro atoms. The van der Waals surface area contributed by atoms with Crippen LogP contribution in [-0.2, 0) is 19.5 Å². The van der Waals surface area contributed by atoms with Crippen molar-refractivity contribution in [1.29, 1.82) is 0 Å². The van der Waals surface area contributed by atoms with Crippen LogP contribution >= 0.6 is 0 Å². The van der Waals surface area contributed by atoms with Crippen molar-refractivity contribution >= 4 is 0 Å². The van der Waals surface area contributed by atoms with Crippen molar-refractivity contribution in [2.24, 2.45) is 0 Å². The number of imidazole rings is 1. The van der Waals surface area contributed by atoms with Gasteiger partial charge in [-0.05, 0) is 24.0 Å². The molecule has 0 aliphatic rings. The van der Waals surface area contributed by atoms with Crippen LogP contribution in [0.25, 0.3) is 0 Å². The average molecular weight is 418 g/mol. The zero-order valence-corrected chi connectivity index (χ0v) is 19.7. The standard InChI is InChI=1S/C29H41N2/c1-3-4-5-6-7-8-9-16-21-30-22-23-31(25-26(2)28-19-14-11-15-20-28)29(30)24-27-17-12-10-13-18-27/h10-15,17-20,22-23,26H,3-9,16,21,24-25H2,1-2H3/q+1. The molecule has 0 amide bonds. The smallest absolute Gasteiger partial charge is 0.234 e. The van der Waals surface area contributed by atoms with E-state index < -0.39 is 0 Å². The predicted molar refractivity (Wildman–Crippen MR) is 131 cm³/mol. The Labute approximate surface area is 190 Å². The van der Waals surface area contributed by atoms with Crippen molar-refractivity contribution in [3.63, 3.8) is 0 Å². The van der Waals surface area contributed by atoms with E-state index in [1.165, 1.54) is 68.3 Å². The Balaban J connectivity index is 1.61. The molecule has 2 heteroatoms. The van der Waals surface area contributed by atoms with E-state index in [0.717, 1.165) is 19.5 Å². The summed E-state index contributed by atoms with van der Waals surface area (Å²) in [6.07, 6.45) is 16.5. The largest absolute Gasteiger partial charge is 0.260 e. The summed E-state index contributed by atoms with van der Waals surface area (Å²) in [5.74, 6) is 1.93. The molecule has 31 heavy (non-hydrogen) atoms. The van der Waals surface area contributed by atoms with Crippen molar-refractivity contribution in [3.05, 3.63) is 90.0 Å². The lowest BCUT2D eigenvalue weighted by Gasteiger charge is -2.12. The van der Waals surface area contributed by atoms with Gasteiger partial charge in [-0.1, -0.05) is 113 Å². The third kappa shape index (κ3) is 7.69. The molecular weight excluding hydrogens is 376 g/mol. The summed E-state index contributed by atoms with van der Waals surface area (Å²) in [6.45, 7) is 6.78. The van der Waals surface area contributed by atoms with Crippen molar-refractivity contribution in [3.8, 4) is 0 Å². The molecular formula is C29H41N2+. The monoisotopic (exact) mass is 417 g/mol. The summed E-state index contributed by atoms with van der Waals surface area (Å²) in [5.41, 5.74) is 2.80. The first-order chi connectivity index (χ1) is 15.3. The van der Waals surface area contributed by atoms with Gasteiger partial charge in [0.15, 0.2) is 0 Å². The van der Waals surface area contributed by atoms with Crippen LogP contribution in [-0.4, -0.2) is 4.57 Å². The molecule has 1 unspecified atom stereocenters. The van der Waals surface area contributed by atoms with E-state index in [2.05, 4.69) is 96.0 Å². The van der Waals surface area contributed by atoms with Gasteiger partial charge in [-0.15, -0.1) is 0 Å². The topological polar surface area (TPSA) is 8.81 Å². The van der Waals surface area contributed by atoms with Gasteiger partial charge >= 0.3 is 0 Å². The van der Waals surface area contributed by atoms with E-state index >= 15 is 0 Å². The quantitative estimate of drug-likeness (QED) is 0.192. The maximum atomic E-state index is 2.50. The average Bonchev–Trinajstić information content (AvgIpc) is 3.17. The zero-order valence-electron chi connectivity index (χ0n) is 19.7. The van der Waals surface area contributed by atoms with Gasteiger partial charge in [0.2, 0.25) is 0 Å². The number of hydrogen-bond donors (Lipinski definition) is 0. The Morgan fingerprint density at radius 2 is 1.39 bits per heavy atom. The summed E-state index contributed by atoms with van der Waals surface area (Å²) in [4.78, 5) is 0. The molecule has 3 rings (SSSR count). The summed E-state index contributed by atoms with van der Waals surface area (Å²) >= 11 is 0. The fraction of sp³-hybridized carbons (Fsp3) is 0.483. The first kappa shape index (κ1) is 23.3. The molecule has 1 heterocycles. The highest BCUT2D eigenvalue weighted by Gasteiger charge is 2.20. The van der Waals surface area contributed by atoms with Gasteiger partial charge in [-0.3, -0.25) is 0 Å². The number of hydrogen-bond acceptors (Lipinski definition) is 0. The number of unbranched alkanes of at least 4 members (excludes halogenated alkanes) is 7. The maximum Gasteiger partial charge on any atom is 0.260 e. The normalized spacial score (nSPS) is 12.2. The predicted octanol–water partition coefficient (Wildman–Crippen LogP) is 7.31. The Hall–Kier alpha value is -2.35. The van der Waals surface area contributed by atoms with Crippen LogP contribution in [0, 0.1) is 0 Å². The van der Waals surface area contributed by atoms with Crippen LogP contribution in [0.2, 0.25) is 0 Å². The first-order valence-corrected chi connectivity index (χ1v) is 12.4. The molecule has 2 nitrogen and oxygen atoms in total. The lowest BCUT2D eigenvalue weighted by molar-refractivity contribution is -0.705. The second kappa shape index (κ2) is 13.1. The highest BCUT2D eigenvalue weighted by Crippen LogP contribution is 2.16. The lowest BCUT2D eigenvalue weighted by Crippen LogP contribution is -2.39. The van der Waals surface area contributed by atoms with Crippen LogP contribution in [0.5, 0.6) is 0 Å². The van der Waals surface area contributed by atoms with E-state index in [4.69, 9.17) is 0 Å². The van der Waals surface area contributed by atoms with Crippen molar-refractivity contribution in [1.82, 2.24) is 4.57 Å². The molecule has 2 aromatic carbocycles. The van der Waals surface area contributed by atoms with Gasteiger partial charge < -0.3 is 0 Å². The maximum absolute atomic E-state index is 2.50.